The third-order valence-electron chi connectivity index (χ3n) is 3.81. The van der Waals surface area contributed by atoms with E-state index in [1.54, 1.807) is 19.1 Å². The van der Waals surface area contributed by atoms with Gasteiger partial charge < -0.3 is 14.6 Å². The number of amides is 1. The van der Waals surface area contributed by atoms with Crippen molar-refractivity contribution < 1.29 is 18.8 Å². The number of thioether (sulfide) groups is 1. The van der Waals surface area contributed by atoms with Gasteiger partial charge in [0.15, 0.2) is 6.10 Å². The van der Waals surface area contributed by atoms with E-state index in [9.17, 15) is 9.59 Å². The van der Waals surface area contributed by atoms with Crippen LogP contribution in [0.25, 0.3) is 0 Å². The Balaban J connectivity index is 2.08. The zero-order valence-corrected chi connectivity index (χ0v) is 17.4. The highest BCUT2D eigenvalue weighted by molar-refractivity contribution is 7.98. The van der Waals surface area contributed by atoms with Gasteiger partial charge in [-0.3, -0.25) is 4.79 Å². The fourth-order valence-electron chi connectivity index (χ4n) is 2.37. The highest BCUT2D eigenvalue weighted by Gasteiger charge is 2.24. The van der Waals surface area contributed by atoms with Crippen LogP contribution in [0.4, 0.5) is 0 Å². The first-order valence-electron chi connectivity index (χ1n) is 8.75. The molecule has 0 radical (unpaired) electrons. The molecule has 27 heavy (non-hydrogen) atoms. The molecular formula is C20H26N2O4S. The fourth-order valence-corrected chi connectivity index (χ4v) is 3.56. The number of aryl methyl sites for hydroxylation is 2. The van der Waals surface area contributed by atoms with Gasteiger partial charge in [-0.25, -0.2) is 4.79 Å². The quantitative estimate of drug-likeness (QED) is 0.592. The molecule has 1 aromatic carbocycles. The van der Waals surface area contributed by atoms with Gasteiger partial charge in [-0.15, -0.1) is 11.8 Å². The van der Waals surface area contributed by atoms with Crippen LogP contribution in [-0.4, -0.2) is 28.7 Å². The third kappa shape index (κ3) is 5.85. The molecule has 2 aromatic rings. The van der Waals surface area contributed by atoms with Crippen molar-refractivity contribution in [2.45, 2.75) is 63.8 Å². The molecule has 0 unspecified atom stereocenters. The maximum atomic E-state index is 12.6. The summed E-state index contributed by atoms with van der Waals surface area (Å²) in [5.41, 5.74) is 1.90. The summed E-state index contributed by atoms with van der Waals surface area (Å²) >= 11 is 1.51. The van der Waals surface area contributed by atoms with Crippen molar-refractivity contribution in [1.82, 2.24) is 10.5 Å². The van der Waals surface area contributed by atoms with Gasteiger partial charge in [0, 0.05) is 21.8 Å². The smallest absolute Gasteiger partial charge is 0.340 e. The van der Waals surface area contributed by atoms with Crippen molar-refractivity contribution in [3.8, 4) is 0 Å². The normalized spacial score (nSPS) is 12.5. The van der Waals surface area contributed by atoms with Gasteiger partial charge in [0.25, 0.3) is 5.91 Å². The van der Waals surface area contributed by atoms with Gasteiger partial charge in [-0.2, -0.15) is 0 Å². The van der Waals surface area contributed by atoms with Gasteiger partial charge in [-0.05, 0) is 53.7 Å². The molecule has 0 saturated heterocycles. The molecule has 0 aliphatic rings. The van der Waals surface area contributed by atoms with Gasteiger partial charge in [0.05, 0.1) is 11.3 Å². The number of benzene rings is 1. The van der Waals surface area contributed by atoms with Crippen molar-refractivity contribution in [3.63, 3.8) is 0 Å². The van der Waals surface area contributed by atoms with Crippen LogP contribution < -0.4 is 5.32 Å². The predicted octanol–water partition coefficient (Wildman–Crippen LogP) is 4.04. The van der Waals surface area contributed by atoms with E-state index in [-0.39, 0.29) is 11.4 Å². The largest absolute Gasteiger partial charge is 0.449 e. The second kappa shape index (κ2) is 8.61. The predicted molar refractivity (Wildman–Crippen MR) is 105 cm³/mol. The van der Waals surface area contributed by atoms with E-state index in [4.69, 9.17) is 9.26 Å². The molecular weight excluding hydrogens is 364 g/mol. The van der Waals surface area contributed by atoms with Gasteiger partial charge in [-0.1, -0.05) is 17.3 Å². The second-order valence-corrected chi connectivity index (χ2v) is 8.39. The molecule has 2 rings (SSSR count). The monoisotopic (exact) mass is 390 g/mol. The van der Waals surface area contributed by atoms with Gasteiger partial charge >= 0.3 is 5.97 Å². The molecule has 7 heteroatoms. The van der Waals surface area contributed by atoms with Crippen LogP contribution in [-0.2, 0) is 15.3 Å². The maximum absolute atomic E-state index is 12.6. The molecule has 0 fully saturated rings. The lowest BCUT2D eigenvalue weighted by molar-refractivity contribution is -0.130. The molecule has 6 nitrogen and oxygen atoms in total. The number of nitrogens with zero attached hydrogens (tertiary/aromatic N) is 1. The van der Waals surface area contributed by atoms with Crippen molar-refractivity contribution in [1.29, 1.82) is 0 Å². The van der Waals surface area contributed by atoms with Crippen LogP contribution >= 0.6 is 11.8 Å². The Hall–Kier alpha value is -2.28. The molecule has 0 bridgehead atoms. The molecule has 1 N–H and O–H groups in total. The summed E-state index contributed by atoms with van der Waals surface area (Å²) in [6.07, 6.45) is -0.877. The van der Waals surface area contributed by atoms with E-state index in [0.717, 1.165) is 21.9 Å². The van der Waals surface area contributed by atoms with Crippen LogP contribution in [0.15, 0.2) is 33.7 Å². The SMILES string of the molecule is Cc1noc(C)c1CSc1ccccc1C(=O)O[C@@H](C)C(=O)NC(C)(C)C. The Morgan fingerprint density at radius 3 is 2.52 bits per heavy atom. The molecule has 146 valence electrons. The van der Waals surface area contributed by atoms with Crippen molar-refractivity contribution in [3.05, 3.63) is 46.8 Å². The molecule has 1 heterocycles. The Bertz CT molecular complexity index is 804. The number of carbonyl (C=O) groups is 2. The lowest BCUT2D eigenvalue weighted by atomic mass is 10.1. The van der Waals surface area contributed by atoms with Gasteiger partial charge in [0.1, 0.15) is 5.76 Å². The molecule has 0 aliphatic heterocycles. The number of carbonyl (C=O) groups excluding carboxylic acids is 2. The minimum Gasteiger partial charge on any atom is -0.449 e. The Morgan fingerprint density at radius 1 is 1.26 bits per heavy atom. The van der Waals surface area contributed by atoms with Crippen LogP contribution in [0.2, 0.25) is 0 Å². The topological polar surface area (TPSA) is 81.4 Å². The fraction of sp³-hybridized carbons (Fsp3) is 0.450. The zero-order chi connectivity index (χ0) is 20.2. The average Bonchev–Trinajstić information content (AvgIpc) is 2.90. The highest BCUT2D eigenvalue weighted by atomic mass is 32.2. The molecule has 0 spiro atoms. The Labute approximate surface area is 164 Å². The number of hydrogen-bond donors (Lipinski definition) is 1. The molecule has 0 saturated carbocycles. The Kier molecular flexibility index (Phi) is 6.70. The van der Waals surface area contributed by atoms with E-state index < -0.39 is 12.1 Å². The summed E-state index contributed by atoms with van der Waals surface area (Å²) in [5, 5.41) is 6.76. The highest BCUT2D eigenvalue weighted by Crippen LogP contribution is 2.29. The molecule has 1 amide bonds. The summed E-state index contributed by atoms with van der Waals surface area (Å²) in [6.45, 7) is 11.0. The van der Waals surface area contributed by atoms with Crippen molar-refractivity contribution >= 4 is 23.6 Å². The minimum atomic E-state index is -0.877. The van der Waals surface area contributed by atoms with Crippen LogP contribution in [0.1, 0.15) is 55.1 Å². The van der Waals surface area contributed by atoms with E-state index in [1.165, 1.54) is 11.8 Å². The maximum Gasteiger partial charge on any atom is 0.340 e. The number of rotatable bonds is 6. The van der Waals surface area contributed by atoms with Crippen LogP contribution in [0, 0.1) is 13.8 Å². The van der Waals surface area contributed by atoms with Gasteiger partial charge in [0.2, 0.25) is 0 Å². The summed E-state index contributed by atoms with van der Waals surface area (Å²) in [4.78, 5) is 25.5. The number of esters is 1. The van der Waals surface area contributed by atoms with E-state index in [0.29, 0.717) is 11.3 Å². The first kappa shape index (κ1) is 21.0. The van der Waals surface area contributed by atoms with Crippen molar-refractivity contribution in [2.24, 2.45) is 0 Å². The van der Waals surface area contributed by atoms with E-state index >= 15 is 0 Å². The lowest BCUT2D eigenvalue weighted by Gasteiger charge is -2.23. The average molecular weight is 391 g/mol. The summed E-state index contributed by atoms with van der Waals surface area (Å²) in [5.74, 6) is 0.559. The zero-order valence-electron chi connectivity index (χ0n) is 16.6. The first-order chi connectivity index (χ1) is 12.6. The van der Waals surface area contributed by atoms with Crippen molar-refractivity contribution in [2.75, 3.05) is 0 Å². The summed E-state index contributed by atoms with van der Waals surface area (Å²) in [6, 6.07) is 7.20. The lowest BCUT2D eigenvalue weighted by Crippen LogP contribution is -2.46. The third-order valence-corrected chi connectivity index (χ3v) is 4.91. The van der Waals surface area contributed by atoms with Crippen LogP contribution in [0.3, 0.4) is 0 Å². The number of hydrogen-bond acceptors (Lipinski definition) is 6. The molecule has 1 atom stereocenters. The number of ether oxygens (including phenoxy) is 1. The summed E-state index contributed by atoms with van der Waals surface area (Å²) in [7, 11) is 0. The molecule has 0 aliphatic carbocycles. The number of aromatic nitrogens is 1. The molecule has 1 aromatic heterocycles. The standard InChI is InChI=1S/C20H26N2O4S/c1-12-16(13(2)26-22-12)11-27-17-10-8-7-9-15(17)19(24)25-14(3)18(23)21-20(4,5)6/h7-10,14H,11H2,1-6H3,(H,21,23)/t14-/m0/s1. The second-order valence-electron chi connectivity index (χ2n) is 7.37. The summed E-state index contributed by atoms with van der Waals surface area (Å²) < 4.78 is 10.6. The van der Waals surface area contributed by atoms with Crippen LogP contribution in [0.5, 0.6) is 0 Å². The Morgan fingerprint density at radius 2 is 1.93 bits per heavy atom. The minimum absolute atomic E-state index is 0.322. The first-order valence-corrected chi connectivity index (χ1v) is 9.73. The van der Waals surface area contributed by atoms with E-state index in [1.807, 2.05) is 46.8 Å². The number of nitrogens with one attached hydrogen (secondary N) is 1. The van der Waals surface area contributed by atoms with E-state index in [2.05, 4.69) is 10.5 Å².